The number of hydrogen-bond donors (Lipinski definition) is 0. The Labute approximate surface area is 127 Å². The maximum absolute atomic E-state index is 12.0. The number of hydrogen-bond acceptors (Lipinski definition) is 3. The molecule has 0 heterocycles. The molecule has 1 saturated carbocycles. The number of carbonyl (C=O) groups is 1. The van der Waals surface area contributed by atoms with Gasteiger partial charge in [-0.15, -0.1) is 0 Å². The van der Waals surface area contributed by atoms with Gasteiger partial charge >= 0.3 is 0 Å². The van der Waals surface area contributed by atoms with Crippen molar-refractivity contribution in [2.75, 3.05) is 13.7 Å². The van der Waals surface area contributed by atoms with E-state index in [0.29, 0.717) is 24.5 Å². The van der Waals surface area contributed by atoms with Gasteiger partial charge in [0.1, 0.15) is 11.5 Å². The van der Waals surface area contributed by atoms with Crippen molar-refractivity contribution in [1.29, 1.82) is 0 Å². The largest absolute Gasteiger partial charge is 0.497 e. The van der Waals surface area contributed by atoms with Gasteiger partial charge in [-0.05, 0) is 42.4 Å². The number of carbonyl (C=O) groups excluding carboxylic acids is 1. The van der Waals surface area contributed by atoms with E-state index in [2.05, 4.69) is 31.0 Å². The van der Waals surface area contributed by atoms with E-state index >= 15 is 0 Å². The average Bonchev–Trinajstić information content (AvgIpc) is 2.46. The fourth-order valence-corrected chi connectivity index (χ4v) is 2.72. The van der Waals surface area contributed by atoms with Gasteiger partial charge in [-0.1, -0.05) is 26.0 Å². The van der Waals surface area contributed by atoms with Crippen LogP contribution in [-0.4, -0.2) is 25.1 Å². The van der Waals surface area contributed by atoms with Crippen molar-refractivity contribution < 1.29 is 9.53 Å². The van der Waals surface area contributed by atoms with Crippen molar-refractivity contribution in [3.8, 4) is 5.75 Å². The van der Waals surface area contributed by atoms with Gasteiger partial charge in [-0.3, -0.25) is 9.79 Å². The summed E-state index contributed by atoms with van der Waals surface area (Å²) in [6, 6.07) is 8.05. The van der Waals surface area contributed by atoms with E-state index < -0.39 is 0 Å². The Balaban J connectivity index is 2.04. The zero-order valence-corrected chi connectivity index (χ0v) is 13.3. The van der Waals surface area contributed by atoms with Crippen molar-refractivity contribution in [2.24, 2.45) is 10.9 Å². The lowest BCUT2D eigenvalue weighted by molar-refractivity contribution is -0.118. The van der Waals surface area contributed by atoms with E-state index in [1.165, 1.54) is 5.56 Å². The molecule has 21 heavy (non-hydrogen) atoms. The Kier molecular flexibility index (Phi) is 5.54. The first-order valence-electron chi connectivity index (χ1n) is 7.76. The number of ketones is 1. The van der Waals surface area contributed by atoms with E-state index in [9.17, 15) is 4.79 Å². The van der Waals surface area contributed by atoms with E-state index in [4.69, 9.17) is 4.74 Å². The fraction of sp³-hybridized carbons (Fsp3) is 0.556. The highest BCUT2D eigenvalue weighted by atomic mass is 16.5. The van der Waals surface area contributed by atoms with Gasteiger partial charge < -0.3 is 4.74 Å². The number of ether oxygens (including phenoxy) is 1. The van der Waals surface area contributed by atoms with Crippen LogP contribution in [0.1, 0.15) is 51.0 Å². The topological polar surface area (TPSA) is 38.7 Å². The monoisotopic (exact) mass is 287 g/mol. The number of aliphatic imine (C=N–C) groups is 1. The quantitative estimate of drug-likeness (QED) is 0.820. The highest BCUT2D eigenvalue weighted by molar-refractivity contribution is 6.05. The molecule has 0 amide bonds. The van der Waals surface area contributed by atoms with Crippen LogP contribution in [0.5, 0.6) is 5.75 Å². The fourth-order valence-electron chi connectivity index (χ4n) is 2.72. The van der Waals surface area contributed by atoms with Crippen LogP contribution in [-0.2, 0) is 4.79 Å². The van der Waals surface area contributed by atoms with E-state index in [1.54, 1.807) is 7.11 Å². The smallest absolute Gasteiger partial charge is 0.139 e. The van der Waals surface area contributed by atoms with Crippen LogP contribution >= 0.6 is 0 Å². The lowest BCUT2D eigenvalue weighted by atomic mass is 9.82. The molecule has 0 radical (unpaired) electrons. The van der Waals surface area contributed by atoms with Crippen molar-refractivity contribution in [3.05, 3.63) is 29.8 Å². The minimum Gasteiger partial charge on any atom is -0.497 e. The molecular formula is C18H25NO2. The maximum Gasteiger partial charge on any atom is 0.139 e. The first kappa shape index (κ1) is 15.7. The summed E-state index contributed by atoms with van der Waals surface area (Å²) in [6.07, 6.45) is 3.18. The second-order valence-electron chi connectivity index (χ2n) is 6.22. The summed E-state index contributed by atoms with van der Waals surface area (Å²) in [6.45, 7) is 5.24. The average molecular weight is 287 g/mol. The summed E-state index contributed by atoms with van der Waals surface area (Å²) in [7, 11) is 1.67. The van der Waals surface area contributed by atoms with Crippen LogP contribution in [0, 0.1) is 5.92 Å². The number of methoxy groups -OCH3 is 1. The lowest BCUT2D eigenvalue weighted by Gasteiger charge is -2.23. The van der Waals surface area contributed by atoms with Crippen molar-refractivity contribution in [2.45, 2.75) is 45.4 Å². The highest BCUT2D eigenvalue weighted by Gasteiger charge is 2.25. The molecule has 0 bridgehead atoms. The van der Waals surface area contributed by atoms with Crippen LogP contribution in [0.4, 0.5) is 0 Å². The predicted molar refractivity (Wildman–Crippen MR) is 86.4 cm³/mol. The highest BCUT2D eigenvalue weighted by Crippen LogP contribution is 2.30. The summed E-state index contributed by atoms with van der Waals surface area (Å²) in [5, 5.41) is 0. The maximum atomic E-state index is 12.0. The number of Topliss-reactive ketones (excluding diaryl/α,β-unsaturated/α-hetero) is 1. The van der Waals surface area contributed by atoms with Crippen LogP contribution in [0.2, 0.25) is 0 Å². The predicted octanol–water partition coefficient (Wildman–Crippen LogP) is 4.02. The van der Waals surface area contributed by atoms with Crippen molar-refractivity contribution >= 4 is 11.5 Å². The Hall–Kier alpha value is -1.64. The third kappa shape index (κ3) is 4.69. The molecule has 114 valence electrons. The Bertz CT molecular complexity index is 502. The van der Waals surface area contributed by atoms with Gasteiger partial charge in [0, 0.05) is 25.1 Å². The molecule has 1 atom stereocenters. The molecule has 1 fully saturated rings. The minimum absolute atomic E-state index is 0.273. The molecular weight excluding hydrogens is 262 g/mol. The van der Waals surface area contributed by atoms with Crippen molar-refractivity contribution in [1.82, 2.24) is 0 Å². The van der Waals surface area contributed by atoms with E-state index in [1.807, 2.05) is 12.1 Å². The third-order valence-corrected chi connectivity index (χ3v) is 3.99. The van der Waals surface area contributed by atoms with Crippen molar-refractivity contribution in [3.63, 3.8) is 0 Å². The van der Waals surface area contributed by atoms with Crippen LogP contribution in [0.25, 0.3) is 0 Å². The third-order valence-electron chi connectivity index (χ3n) is 3.99. The summed E-state index contributed by atoms with van der Waals surface area (Å²) in [5.41, 5.74) is 2.29. The SMILES string of the molecule is COc1ccc([C@@H]2CC(=O)CC(=NCCC(C)C)C2)cc1. The zero-order valence-electron chi connectivity index (χ0n) is 13.3. The molecule has 0 aromatic heterocycles. The molecule has 1 aromatic carbocycles. The molecule has 0 unspecified atom stereocenters. The minimum atomic E-state index is 0.273. The second-order valence-corrected chi connectivity index (χ2v) is 6.22. The first-order chi connectivity index (χ1) is 10.1. The molecule has 1 aliphatic rings. The molecule has 0 spiro atoms. The molecule has 0 aliphatic heterocycles. The molecule has 2 rings (SSSR count). The van der Waals surface area contributed by atoms with Gasteiger partial charge in [0.05, 0.1) is 7.11 Å². The van der Waals surface area contributed by atoms with Crippen LogP contribution in [0.15, 0.2) is 29.3 Å². The van der Waals surface area contributed by atoms with Gasteiger partial charge in [0.25, 0.3) is 0 Å². The standard InChI is InChI=1S/C18H25NO2/c1-13(2)8-9-19-16-10-15(11-17(20)12-16)14-4-6-18(21-3)7-5-14/h4-7,13,15H,8-12H2,1-3H3/t15-/m0/s1. The number of benzene rings is 1. The number of nitrogens with zero attached hydrogens (tertiary/aromatic N) is 1. The molecule has 1 aliphatic carbocycles. The Morgan fingerprint density at radius 3 is 2.57 bits per heavy atom. The molecule has 0 N–H and O–H groups in total. The summed E-state index contributed by atoms with van der Waals surface area (Å²) in [5.74, 6) is 2.10. The second kappa shape index (κ2) is 7.39. The van der Waals surface area contributed by atoms with Crippen LogP contribution in [0.3, 0.4) is 0 Å². The van der Waals surface area contributed by atoms with Gasteiger partial charge in [-0.2, -0.15) is 0 Å². The Morgan fingerprint density at radius 2 is 1.95 bits per heavy atom. The van der Waals surface area contributed by atoms with Gasteiger partial charge in [0.2, 0.25) is 0 Å². The Morgan fingerprint density at radius 1 is 1.24 bits per heavy atom. The molecule has 3 heteroatoms. The first-order valence-corrected chi connectivity index (χ1v) is 7.76. The summed E-state index contributed by atoms with van der Waals surface area (Å²) in [4.78, 5) is 16.6. The van der Waals surface area contributed by atoms with E-state index in [-0.39, 0.29) is 5.92 Å². The molecule has 1 aromatic rings. The molecule has 0 saturated heterocycles. The van der Waals surface area contributed by atoms with E-state index in [0.717, 1.165) is 30.8 Å². The van der Waals surface area contributed by atoms with Gasteiger partial charge in [-0.25, -0.2) is 0 Å². The van der Waals surface area contributed by atoms with Gasteiger partial charge in [0.15, 0.2) is 0 Å². The summed E-state index contributed by atoms with van der Waals surface area (Å²) >= 11 is 0. The van der Waals surface area contributed by atoms with Crippen LogP contribution < -0.4 is 4.74 Å². The lowest BCUT2D eigenvalue weighted by Crippen LogP contribution is -2.22. The molecule has 3 nitrogen and oxygen atoms in total. The zero-order chi connectivity index (χ0) is 15.2. The number of rotatable bonds is 5. The normalized spacial score (nSPS) is 21.0. The summed E-state index contributed by atoms with van der Waals surface area (Å²) < 4.78 is 5.18.